The van der Waals surface area contributed by atoms with E-state index in [1.807, 2.05) is 10.8 Å². The molecule has 0 radical (unpaired) electrons. The summed E-state index contributed by atoms with van der Waals surface area (Å²) in [5.41, 5.74) is 0.752. The fourth-order valence-corrected chi connectivity index (χ4v) is 3.32. The third-order valence-corrected chi connectivity index (χ3v) is 4.26. The van der Waals surface area contributed by atoms with Crippen molar-refractivity contribution in [3.05, 3.63) is 50.7 Å². The van der Waals surface area contributed by atoms with E-state index in [0.29, 0.717) is 5.56 Å². The van der Waals surface area contributed by atoms with Gasteiger partial charge in [-0.05, 0) is 29.9 Å². The van der Waals surface area contributed by atoms with Crippen LogP contribution in [0.5, 0.6) is 0 Å². The summed E-state index contributed by atoms with van der Waals surface area (Å²) in [4.78, 5) is 27.7. The Morgan fingerprint density at radius 3 is 2.24 bits per heavy atom. The molecule has 0 saturated carbocycles. The topological polar surface area (TPSA) is 47.0 Å². The molecule has 0 spiro atoms. The minimum atomic E-state index is -0.237. The van der Waals surface area contributed by atoms with Crippen molar-refractivity contribution in [2.75, 3.05) is 0 Å². The van der Waals surface area contributed by atoms with Crippen LogP contribution in [-0.4, -0.2) is 16.6 Å². The largest absolute Gasteiger partial charge is 0.294 e. The van der Waals surface area contributed by atoms with E-state index in [1.165, 1.54) is 30.4 Å². The van der Waals surface area contributed by atoms with E-state index in [-0.39, 0.29) is 17.1 Å². The molecule has 0 bridgehead atoms. The van der Waals surface area contributed by atoms with Gasteiger partial charge in [-0.2, -0.15) is 0 Å². The smallest absolute Gasteiger partial charge is 0.198 e. The van der Waals surface area contributed by atoms with Gasteiger partial charge in [-0.3, -0.25) is 14.6 Å². The normalized spacial score (nSPS) is 13.8. The monoisotopic (exact) mass is 263 g/mol. The SMILES string of the molecule is CC(=O)C(C(=O)c1ccncc1)=C1SC=CS1. The van der Waals surface area contributed by atoms with E-state index < -0.39 is 0 Å². The van der Waals surface area contributed by atoms with Crippen LogP contribution in [0.2, 0.25) is 0 Å². The molecule has 1 aliphatic rings. The molecule has 5 heteroatoms. The first-order chi connectivity index (χ1) is 8.20. The lowest BCUT2D eigenvalue weighted by atomic mass is 10.0. The number of carbonyl (C=O) groups is 2. The van der Waals surface area contributed by atoms with Crippen LogP contribution in [0.15, 0.2) is 45.2 Å². The van der Waals surface area contributed by atoms with Gasteiger partial charge in [0.15, 0.2) is 11.6 Å². The Balaban J connectivity index is 2.39. The number of aromatic nitrogens is 1. The second-order valence-electron chi connectivity index (χ2n) is 3.29. The molecule has 2 rings (SSSR count). The number of carbonyl (C=O) groups excluding carboxylic acids is 2. The van der Waals surface area contributed by atoms with Gasteiger partial charge in [-0.25, -0.2) is 0 Å². The summed E-state index contributed by atoms with van der Waals surface area (Å²) in [6.07, 6.45) is 3.09. The Labute approximate surface area is 107 Å². The molecule has 0 fully saturated rings. The number of hydrogen-bond acceptors (Lipinski definition) is 5. The quantitative estimate of drug-likeness (QED) is 0.363. The maximum atomic E-state index is 12.2. The Morgan fingerprint density at radius 1 is 1.12 bits per heavy atom. The van der Waals surface area contributed by atoms with Gasteiger partial charge >= 0.3 is 0 Å². The zero-order valence-corrected chi connectivity index (χ0v) is 10.7. The van der Waals surface area contributed by atoms with Crippen molar-refractivity contribution in [2.24, 2.45) is 0 Å². The molecule has 1 aromatic heterocycles. The molecular weight excluding hydrogens is 254 g/mol. The van der Waals surface area contributed by atoms with E-state index in [1.54, 1.807) is 24.5 Å². The Kier molecular flexibility index (Phi) is 3.81. The van der Waals surface area contributed by atoms with E-state index in [9.17, 15) is 9.59 Å². The first kappa shape index (κ1) is 12.1. The Hall–Kier alpha value is -1.33. The molecule has 0 N–H and O–H groups in total. The van der Waals surface area contributed by atoms with Crippen LogP contribution in [0.4, 0.5) is 0 Å². The van der Waals surface area contributed by atoms with Gasteiger partial charge in [0.25, 0.3) is 0 Å². The maximum Gasteiger partial charge on any atom is 0.198 e. The van der Waals surface area contributed by atoms with Gasteiger partial charge in [0.1, 0.15) is 0 Å². The number of pyridine rings is 1. The molecule has 2 heterocycles. The predicted octanol–water partition coefficient (Wildman–Crippen LogP) is 3.02. The Bertz CT molecular complexity index is 511. The third kappa shape index (κ3) is 2.68. The molecule has 0 amide bonds. The van der Waals surface area contributed by atoms with E-state index in [4.69, 9.17) is 0 Å². The van der Waals surface area contributed by atoms with Crippen molar-refractivity contribution in [1.82, 2.24) is 4.98 Å². The summed E-state index contributed by atoms with van der Waals surface area (Å²) in [6.45, 7) is 1.42. The van der Waals surface area contributed by atoms with Crippen molar-refractivity contribution in [3.8, 4) is 0 Å². The van der Waals surface area contributed by atoms with Gasteiger partial charge in [0.05, 0.1) is 9.81 Å². The van der Waals surface area contributed by atoms with E-state index in [0.717, 1.165) is 4.24 Å². The standard InChI is InChI=1S/C12H9NO2S2/c1-8(14)10(12-16-6-7-17-12)11(15)9-2-4-13-5-3-9/h2-7H,1H3. The lowest BCUT2D eigenvalue weighted by Gasteiger charge is -2.05. The molecule has 17 heavy (non-hydrogen) atoms. The second-order valence-corrected chi connectivity index (χ2v) is 5.38. The zero-order chi connectivity index (χ0) is 12.3. The van der Waals surface area contributed by atoms with Crippen LogP contribution in [0, 0.1) is 0 Å². The minimum absolute atomic E-state index is 0.203. The lowest BCUT2D eigenvalue weighted by molar-refractivity contribution is -0.113. The third-order valence-electron chi connectivity index (χ3n) is 2.13. The number of Topliss-reactive ketones (excluding diaryl/α,β-unsaturated/α-hetero) is 2. The van der Waals surface area contributed by atoms with Gasteiger partial charge < -0.3 is 0 Å². The van der Waals surface area contributed by atoms with Crippen LogP contribution in [0.25, 0.3) is 0 Å². The van der Waals surface area contributed by atoms with Crippen molar-refractivity contribution in [3.63, 3.8) is 0 Å². The number of rotatable bonds is 3. The highest BCUT2D eigenvalue weighted by molar-refractivity contribution is 8.27. The summed E-state index contributed by atoms with van der Waals surface area (Å²) >= 11 is 2.81. The van der Waals surface area contributed by atoms with Crippen LogP contribution >= 0.6 is 23.5 Å². The number of ketones is 2. The molecule has 0 aliphatic carbocycles. The Morgan fingerprint density at radius 2 is 1.71 bits per heavy atom. The molecule has 1 aliphatic heterocycles. The molecule has 0 saturated heterocycles. The van der Waals surface area contributed by atoms with Crippen molar-refractivity contribution in [2.45, 2.75) is 6.92 Å². The van der Waals surface area contributed by atoms with Crippen LogP contribution in [0.1, 0.15) is 17.3 Å². The van der Waals surface area contributed by atoms with Gasteiger partial charge in [-0.1, -0.05) is 23.5 Å². The molecule has 0 aromatic carbocycles. The van der Waals surface area contributed by atoms with Crippen LogP contribution < -0.4 is 0 Å². The fourth-order valence-electron chi connectivity index (χ4n) is 1.37. The summed E-state index contributed by atoms with van der Waals surface area (Å²) in [6, 6.07) is 3.23. The molecule has 0 atom stereocenters. The number of thioether (sulfide) groups is 2. The first-order valence-corrected chi connectivity index (χ1v) is 6.64. The highest BCUT2D eigenvalue weighted by Gasteiger charge is 2.22. The first-order valence-electron chi connectivity index (χ1n) is 4.88. The van der Waals surface area contributed by atoms with Crippen molar-refractivity contribution in [1.29, 1.82) is 0 Å². The molecular formula is C12H9NO2S2. The van der Waals surface area contributed by atoms with Crippen LogP contribution in [0.3, 0.4) is 0 Å². The summed E-state index contributed by atoms with van der Waals surface area (Å²) < 4.78 is 0.749. The maximum absolute atomic E-state index is 12.2. The highest BCUT2D eigenvalue weighted by Crippen LogP contribution is 2.40. The molecule has 0 unspecified atom stereocenters. The van der Waals surface area contributed by atoms with Gasteiger partial charge in [0.2, 0.25) is 0 Å². The second kappa shape index (κ2) is 5.33. The number of hydrogen-bond donors (Lipinski definition) is 0. The minimum Gasteiger partial charge on any atom is -0.294 e. The molecule has 1 aromatic rings. The van der Waals surface area contributed by atoms with Gasteiger partial charge in [0, 0.05) is 18.0 Å². The molecule has 3 nitrogen and oxygen atoms in total. The van der Waals surface area contributed by atoms with Gasteiger partial charge in [-0.15, -0.1) is 0 Å². The van der Waals surface area contributed by atoms with E-state index >= 15 is 0 Å². The zero-order valence-electron chi connectivity index (χ0n) is 9.04. The average molecular weight is 263 g/mol. The number of allylic oxidation sites excluding steroid dienone is 1. The summed E-state index contributed by atoms with van der Waals surface area (Å²) in [5.74, 6) is -0.441. The molecule has 86 valence electrons. The van der Waals surface area contributed by atoms with E-state index in [2.05, 4.69) is 4.98 Å². The highest BCUT2D eigenvalue weighted by atomic mass is 32.2. The summed E-state index contributed by atoms with van der Waals surface area (Å²) in [7, 11) is 0. The number of nitrogens with zero attached hydrogens (tertiary/aromatic N) is 1. The van der Waals surface area contributed by atoms with Crippen molar-refractivity contribution < 1.29 is 9.59 Å². The van der Waals surface area contributed by atoms with Crippen molar-refractivity contribution >= 4 is 35.1 Å². The average Bonchev–Trinajstić information content (AvgIpc) is 2.83. The summed E-state index contributed by atoms with van der Waals surface area (Å²) in [5, 5.41) is 3.73. The fraction of sp³-hybridized carbons (Fsp3) is 0.0833. The lowest BCUT2D eigenvalue weighted by Crippen LogP contribution is -2.11. The predicted molar refractivity (Wildman–Crippen MR) is 70.6 cm³/mol. The van der Waals surface area contributed by atoms with Crippen LogP contribution in [-0.2, 0) is 4.79 Å².